The van der Waals surface area contributed by atoms with Crippen molar-refractivity contribution in [2.75, 3.05) is 13.1 Å². The van der Waals surface area contributed by atoms with Crippen molar-refractivity contribution >= 4 is 11.9 Å². The van der Waals surface area contributed by atoms with E-state index in [4.69, 9.17) is 0 Å². The molecule has 1 amide bonds. The van der Waals surface area contributed by atoms with Crippen molar-refractivity contribution in [3.63, 3.8) is 0 Å². The molecule has 1 aromatic rings. The van der Waals surface area contributed by atoms with Gasteiger partial charge in [-0.2, -0.15) is 0 Å². The third-order valence-electron chi connectivity index (χ3n) is 4.99. The lowest BCUT2D eigenvalue weighted by Gasteiger charge is -2.17. The minimum absolute atomic E-state index is 0.0708. The van der Waals surface area contributed by atoms with Crippen LogP contribution in [0.1, 0.15) is 31.7 Å². The molecule has 1 aromatic carbocycles. The number of hydrogen-bond acceptors (Lipinski definition) is 2. The van der Waals surface area contributed by atoms with Crippen molar-refractivity contribution in [2.45, 2.75) is 26.2 Å². The van der Waals surface area contributed by atoms with Crippen LogP contribution in [0.15, 0.2) is 30.3 Å². The monoisotopic (exact) mass is 287 g/mol. The molecule has 1 N–H and O–H groups in total. The van der Waals surface area contributed by atoms with Gasteiger partial charge in [-0.1, -0.05) is 44.2 Å². The Morgan fingerprint density at radius 3 is 2.33 bits per heavy atom. The Labute approximate surface area is 124 Å². The third-order valence-corrected chi connectivity index (χ3v) is 4.99. The highest BCUT2D eigenvalue weighted by Gasteiger charge is 2.53. The second kappa shape index (κ2) is 4.86. The van der Waals surface area contributed by atoms with Crippen LogP contribution >= 0.6 is 0 Å². The molecule has 1 aliphatic carbocycles. The van der Waals surface area contributed by atoms with Gasteiger partial charge in [0, 0.05) is 24.9 Å². The highest BCUT2D eigenvalue weighted by atomic mass is 16.4. The molecule has 4 nitrogen and oxygen atoms in total. The summed E-state index contributed by atoms with van der Waals surface area (Å²) in [6, 6.07) is 9.67. The predicted molar refractivity (Wildman–Crippen MR) is 78.8 cm³/mol. The van der Waals surface area contributed by atoms with E-state index in [0.717, 1.165) is 12.0 Å². The van der Waals surface area contributed by atoms with Crippen LogP contribution in [-0.4, -0.2) is 35.0 Å². The van der Waals surface area contributed by atoms with Crippen LogP contribution < -0.4 is 0 Å². The lowest BCUT2D eigenvalue weighted by atomic mass is 9.89. The highest BCUT2D eigenvalue weighted by Crippen LogP contribution is 2.53. The van der Waals surface area contributed by atoms with E-state index >= 15 is 0 Å². The number of carbonyl (C=O) groups is 2. The summed E-state index contributed by atoms with van der Waals surface area (Å²) in [5.41, 5.74) is 1.09. The Balaban J connectivity index is 1.79. The van der Waals surface area contributed by atoms with Gasteiger partial charge >= 0.3 is 5.97 Å². The lowest BCUT2D eigenvalue weighted by Crippen LogP contribution is -2.32. The predicted octanol–water partition coefficient (Wildman–Crippen LogP) is 2.36. The topological polar surface area (TPSA) is 57.6 Å². The zero-order chi connectivity index (χ0) is 15.2. The van der Waals surface area contributed by atoms with E-state index in [9.17, 15) is 14.7 Å². The van der Waals surface area contributed by atoms with Crippen molar-refractivity contribution in [1.29, 1.82) is 0 Å². The Hall–Kier alpha value is -1.84. The van der Waals surface area contributed by atoms with Gasteiger partial charge in [0.05, 0.1) is 5.92 Å². The van der Waals surface area contributed by atoms with E-state index in [-0.39, 0.29) is 23.2 Å². The van der Waals surface area contributed by atoms with Crippen molar-refractivity contribution in [3.05, 3.63) is 35.9 Å². The second-order valence-corrected chi connectivity index (χ2v) is 6.95. The molecule has 2 fully saturated rings. The number of carboxylic acid groups (broad SMARTS) is 1. The largest absolute Gasteiger partial charge is 0.481 e. The first-order chi connectivity index (χ1) is 9.90. The summed E-state index contributed by atoms with van der Waals surface area (Å²) in [4.78, 5) is 25.8. The number of rotatable bonds is 3. The van der Waals surface area contributed by atoms with Crippen molar-refractivity contribution in [3.8, 4) is 0 Å². The third kappa shape index (κ3) is 2.55. The van der Waals surface area contributed by atoms with Gasteiger partial charge in [-0.15, -0.1) is 0 Å². The summed E-state index contributed by atoms with van der Waals surface area (Å²) in [6.45, 7) is 5.04. The highest BCUT2D eigenvalue weighted by molar-refractivity contribution is 5.84. The maximum Gasteiger partial charge on any atom is 0.308 e. The smallest absolute Gasteiger partial charge is 0.308 e. The molecular weight excluding hydrogens is 266 g/mol. The Kier molecular flexibility index (Phi) is 3.27. The molecule has 4 heteroatoms. The minimum Gasteiger partial charge on any atom is -0.481 e. The van der Waals surface area contributed by atoms with Gasteiger partial charge in [0.25, 0.3) is 0 Å². The Bertz CT molecular complexity index is 567. The van der Waals surface area contributed by atoms with Crippen molar-refractivity contribution in [1.82, 2.24) is 4.90 Å². The molecule has 0 bridgehead atoms. The molecule has 0 radical (unpaired) electrons. The molecule has 112 valence electrons. The number of aliphatic carboxylic acids is 1. The van der Waals surface area contributed by atoms with Crippen molar-refractivity contribution in [2.24, 2.45) is 17.3 Å². The van der Waals surface area contributed by atoms with Gasteiger partial charge in [-0.05, 0) is 17.4 Å². The van der Waals surface area contributed by atoms with Gasteiger partial charge in [0.2, 0.25) is 5.91 Å². The minimum atomic E-state index is -0.811. The Morgan fingerprint density at radius 2 is 1.81 bits per heavy atom. The van der Waals surface area contributed by atoms with Gasteiger partial charge in [0.15, 0.2) is 0 Å². The molecule has 2 aliphatic rings. The molecule has 3 rings (SSSR count). The van der Waals surface area contributed by atoms with Crippen LogP contribution in [-0.2, 0) is 9.59 Å². The summed E-state index contributed by atoms with van der Waals surface area (Å²) in [7, 11) is 0. The Morgan fingerprint density at radius 1 is 1.19 bits per heavy atom. The molecule has 1 saturated carbocycles. The molecule has 1 heterocycles. The van der Waals surface area contributed by atoms with E-state index < -0.39 is 11.9 Å². The van der Waals surface area contributed by atoms with E-state index in [1.165, 1.54) is 0 Å². The zero-order valence-electron chi connectivity index (χ0n) is 12.5. The summed E-state index contributed by atoms with van der Waals surface area (Å²) < 4.78 is 0. The number of likely N-dealkylation sites (tertiary alicyclic amines) is 1. The number of benzene rings is 1. The summed E-state index contributed by atoms with van der Waals surface area (Å²) in [6.07, 6.45) is 0.913. The summed E-state index contributed by atoms with van der Waals surface area (Å²) in [5, 5.41) is 9.46. The molecule has 21 heavy (non-hydrogen) atoms. The van der Waals surface area contributed by atoms with Gasteiger partial charge in [-0.25, -0.2) is 0 Å². The maximum atomic E-state index is 12.5. The second-order valence-electron chi connectivity index (χ2n) is 6.95. The van der Waals surface area contributed by atoms with Gasteiger partial charge < -0.3 is 10.0 Å². The summed E-state index contributed by atoms with van der Waals surface area (Å²) >= 11 is 0. The van der Waals surface area contributed by atoms with E-state index in [0.29, 0.717) is 13.1 Å². The van der Waals surface area contributed by atoms with Crippen LogP contribution in [0.25, 0.3) is 0 Å². The fraction of sp³-hybridized carbons (Fsp3) is 0.529. The van der Waals surface area contributed by atoms with E-state index in [1.54, 1.807) is 4.90 Å². The maximum absolute atomic E-state index is 12.5. The van der Waals surface area contributed by atoms with Gasteiger partial charge in [-0.3, -0.25) is 9.59 Å². The average molecular weight is 287 g/mol. The van der Waals surface area contributed by atoms with Gasteiger partial charge in [0.1, 0.15) is 0 Å². The number of amides is 1. The fourth-order valence-corrected chi connectivity index (χ4v) is 3.38. The zero-order valence-corrected chi connectivity index (χ0v) is 12.5. The number of carbonyl (C=O) groups excluding carboxylic acids is 1. The number of carboxylic acids is 1. The molecule has 3 atom stereocenters. The lowest BCUT2D eigenvalue weighted by molar-refractivity contribution is -0.142. The van der Waals surface area contributed by atoms with Crippen LogP contribution in [0.2, 0.25) is 0 Å². The SMILES string of the molecule is CC1(C)C[C@@H]1C(=O)N1C[C@H](C(=O)O)[C@H](c2ccccc2)C1. The molecular formula is C17H21NO3. The fourth-order valence-electron chi connectivity index (χ4n) is 3.38. The molecule has 0 unspecified atom stereocenters. The molecule has 1 saturated heterocycles. The standard InChI is InChI=1S/C17H21NO3/c1-17(2)8-14(17)15(19)18-9-12(13(10-18)16(20)21)11-6-4-3-5-7-11/h3-7,12-14H,8-10H2,1-2H3,(H,20,21)/t12-,13-,14+/m0/s1. The normalized spacial score (nSPS) is 30.2. The molecule has 0 spiro atoms. The van der Waals surface area contributed by atoms with Crippen LogP contribution in [0.5, 0.6) is 0 Å². The number of hydrogen-bond donors (Lipinski definition) is 1. The first-order valence-electron chi connectivity index (χ1n) is 7.46. The quantitative estimate of drug-likeness (QED) is 0.928. The first-order valence-corrected chi connectivity index (χ1v) is 7.46. The van der Waals surface area contributed by atoms with E-state index in [2.05, 4.69) is 13.8 Å². The molecule has 0 aromatic heterocycles. The van der Waals surface area contributed by atoms with Crippen LogP contribution in [0, 0.1) is 17.3 Å². The van der Waals surface area contributed by atoms with Crippen LogP contribution in [0.4, 0.5) is 0 Å². The summed E-state index contributed by atoms with van der Waals surface area (Å²) in [5.74, 6) is -1.21. The van der Waals surface area contributed by atoms with Crippen molar-refractivity contribution < 1.29 is 14.7 Å². The number of nitrogens with zero attached hydrogens (tertiary/aromatic N) is 1. The molecule has 1 aliphatic heterocycles. The van der Waals surface area contributed by atoms with E-state index in [1.807, 2.05) is 30.3 Å². The average Bonchev–Trinajstić information content (AvgIpc) is 2.89. The van der Waals surface area contributed by atoms with Crippen LogP contribution in [0.3, 0.4) is 0 Å². The first kappa shape index (κ1) is 14.1.